The smallest absolute Gasteiger partial charge is 0.320 e. The summed E-state index contributed by atoms with van der Waals surface area (Å²) in [5.41, 5.74) is 5.04. The van der Waals surface area contributed by atoms with Gasteiger partial charge < -0.3 is 16.2 Å². The molecule has 4 N–H and O–H groups in total. The van der Waals surface area contributed by atoms with Crippen molar-refractivity contribution in [3.8, 4) is 0 Å². The Morgan fingerprint density at radius 3 is 2.64 bits per heavy atom. The largest absolute Gasteiger partial charge is 0.480 e. The van der Waals surface area contributed by atoms with Crippen LogP contribution in [0.1, 0.15) is 33.1 Å². The molecule has 0 aliphatic rings. The molecule has 5 heteroatoms. The molecule has 0 spiro atoms. The first-order valence-electron chi connectivity index (χ1n) is 4.59. The number of hydrogen-bond donors (Lipinski definition) is 3. The van der Waals surface area contributed by atoms with Gasteiger partial charge in [0.25, 0.3) is 0 Å². The molecular weight excluding hydrogens is 184 g/mol. The van der Waals surface area contributed by atoms with Crippen molar-refractivity contribution < 1.29 is 14.7 Å². The van der Waals surface area contributed by atoms with Gasteiger partial charge in [0.05, 0.1) is 0 Å². The van der Waals surface area contributed by atoms with Crippen LogP contribution in [0.3, 0.4) is 0 Å². The molecule has 0 bridgehead atoms. The molecule has 0 saturated carbocycles. The van der Waals surface area contributed by atoms with E-state index in [9.17, 15) is 9.59 Å². The van der Waals surface area contributed by atoms with Crippen LogP contribution in [0, 0.1) is 0 Å². The quantitative estimate of drug-likeness (QED) is 0.510. The zero-order valence-corrected chi connectivity index (χ0v) is 8.62. The molecule has 0 aliphatic heterocycles. The van der Waals surface area contributed by atoms with Gasteiger partial charge in [-0.1, -0.05) is 0 Å². The lowest BCUT2D eigenvalue weighted by atomic mass is 9.96. The highest BCUT2D eigenvalue weighted by molar-refractivity contribution is 5.72. The summed E-state index contributed by atoms with van der Waals surface area (Å²) >= 11 is 0. The van der Waals surface area contributed by atoms with Crippen LogP contribution in [0.2, 0.25) is 0 Å². The molecule has 0 aromatic carbocycles. The Hall–Kier alpha value is -1.10. The molecular formula is C9H18N2O3. The lowest BCUT2D eigenvalue weighted by Crippen LogP contribution is -2.38. The van der Waals surface area contributed by atoms with E-state index in [-0.39, 0.29) is 5.54 Å². The molecule has 0 rings (SSSR count). The van der Waals surface area contributed by atoms with Crippen molar-refractivity contribution in [1.29, 1.82) is 0 Å². The minimum atomic E-state index is -0.980. The predicted molar refractivity (Wildman–Crippen MR) is 52.7 cm³/mol. The van der Waals surface area contributed by atoms with Gasteiger partial charge in [-0.15, -0.1) is 0 Å². The van der Waals surface area contributed by atoms with Gasteiger partial charge in [-0.25, -0.2) is 0 Å². The second-order valence-corrected chi connectivity index (χ2v) is 3.98. The molecule has 0 fully saturated rings. The molecule has 0 aromatic rings. The standard InChI is InChI=1S/C9H18N2O3/c1-9(2,11-6-12)5-3-4-7(10)8(13)14/h6-7H,3-5,10H2,1-2H3,(H,11,12)(H,13,14). The van der Waals surface area contributed by atoms with Gasteiger partial charge in [0, 0.05) is 5.54 Å². The minimum absolute atomic E-state index is 0.292. The van der Waals surface area contributed by atoms with E-state index in [4.69, 9.17) is 10.8 Å². The third-order valence-electron chi connectivity index (χ3n) is 2.08. The first kappa shape index (κ1) is 12.9. The van der Waals surface area contributed by atoms with E-state index in [0.717, 1.165) is 0 Å². The van der Waals surface area contributed by atoms with E-state index in [1.54, 1.807) is 0 Å². The predicted octanol–water partition coefficient (Wildman–Crippen LogP) is 0.0932. The van der Waals surface area contributed by atoms with Crippen molar-refractivity contribution >= 4 is 12.4 Å². The van der Waals surface area contributed by atoms with Crippen LogP contribution in [-0.4, -0.2) is 29.1 Å². The highest BCUT2D eigenvalue weighted by Gasteiger charge is 2.17. The Balaban J connectivity index is 3.72. The zero-order chi connectivity index (χ0) is 11.2. The number of carbonyl (C=O) groups is 2. The normalized spacial score (nSPS) is 13.4. The van der Waals surface area contributed by atoms with Gasteiger partial charge in [-0.2, -0.15) is 0 Å². The summed E-state index contributed by atoms with van der Waals surface area (Å²) in [6, 6.07) is -0.804. The second kappa shape index (κ2) is 5.59. The van der Waals surface area contributed by atoms with Crippen molar-refractivity contribution in [2.24, 2.45) is 5.73 Å². The van der Waals surface area contributed by atoms with Crippen molar-refractivity contribution in [3.63, 3.8) is 0 Å². The molecule has 1 unspecified atom stereocenters. The summed E-state index contributed by atoms with van der Waals surface area (Å²) in [5.74, 6) is -0.980. The van der Waals surface area contributed by atoms with Crippen LogP contribution in [0.25, 0.3) is 0 Å². The Kier molecular flexibility index (Phi) is 5.15. The average molecular weight is 202 g/mol. The fraction of sp³-hybridized carbons (Fsp3) is 0.778. The number of carboxylic acid groups (broad SMARTS) is 1. The van der Waals surface area contributed by atoms with E-state index < -0.39 is 12.0 Å². The Labute approximate surface area is 83.7 Å². The Morgan fingerprint density at radius 1 is 1.64 bits per heavy atom. The third-order valence-corrected chi connectivity index (χ3v) is 2.08. The van der Waals surface area contributed by atoms with E-state index in [1.165, 1.54) is 0 Å². The maximum atomic E-state index is 10.4. The molecule has 0 aliphatic carbocycles. The van der Waals surface area contributed by atoms with Gasteiger partial charge in [0.15, 0.2) is 0 Å². The maximum absolute atomic E-state index is 10.4. The fourth-order valence-electron chi connectivity index (χ4n) is 1.12. The number of carboxylic acids is 1. The van der Waals surface area contributed by atoms with Crippen molar-refractivity contribution in [1.82, 2.24) is 5.32 Å². The van der Waals surface area contributed by atoms with Crippen LogP contribution in [-0.2, 0) is 9.59 Å². The number of aliphatic carboxylic acids is 1. The molecule has 14 heavy (non-hydrogen) atoms. The lowest BCUT2D eigenvalue weighted by Gasteiger charge is -2.23. The first-order chi connectivity index (χ1) is 6.39. The van der Waals surface area contributed by atoms with Gasteiger partial charge >= 0.3 is 5.97 Å². The van der Waals surface area contributed by atoms with Crippen molar-refractivity contribution in [2.75, 3.05) is 0 Å². The molecule has 0 heterocycles. The molecule has 5 nitrogen and oxygen atoms in total. The van der Waals surface area contributed by atoms with Crippen LogP contribution in [0.15, 0.2) is 0 Å². The lowest BCUT2D eigenvalue weighted by molar-refractivity contribution is -0.138. The number of nitrogens with one attached hydrogen (secondary N) is 1. The number of nitrogens with two attached hydrogens (primary N) is 1. The summed E-state index contributed by atoms with van der Waals surface area (Å²) in [5, 5.41) is 11.2. The molecule has 1 amide bonds. The van der Waals surface area contributed by atoms with Gasteiger partial charge in [-0.05, 0) is 33.1 Å². The SMILES string of the molecule is CC(C)(CCCC(N)C(=O)O)NC=O. The zero-order valence-electron chi connectivity index (χ0n) is 8.62. The van der Waals surface area contributed by atoms with E-state index >= 15 is 0 Å². The van der Waals surface area contributed by atoms with Crippen LogP contribution < -0.4 is 11.1 Å². The first-order valence-corrected chi connectivity index (χ1v) is 4.59. The van der Waals surface area contributed by atoms with Gasteiger partial charge in [-0.3, -0.25) is 9.59 Å². The number of amides is 1. The summed E-state index contributed by atoms with van der Waals surface area (Å²) < 4.78 is 0. The number of rotatable bonds is 7. The molecule has 0 saturated heterocycles. The van der Waals surface area contributed by atoms with Crippen LogP contribution in [0.4, 0.5) is 0 Å². The summed E-state index contributed by atoms with van der Waals surface area (Å²) in [7, 11) is 0. The Morgan fingerprint density at radius 2 is 2.21 bits per heavy atom. The van der Waals surface area contributed by atoms with E-state index in [2.05, 4.69) is 5.32 Å². The summed E-state index contributed by atoms with van der Waals surface area (Å²) in [4.78, 5) is 20.6. The molecule has 1 atom stereocenters. The van der Waals surface area contributed by atoms with E-state index in [0.29, 0.717) is 25.7 Å². The highest BCUT2D eigenvalue weighted by Crippen LogP contribution is 2.12. The van der Waals surface area contributed by atoms with E-state index in [1.807, 2.05) is 13.8 Å². The topological polar surface area (TPSA) is 92.4 Å². The second-order valence-electron chi connectivity index (χ2n) is 3.98. The summed E-state index contributed by atoms with van der Waals surface area (Å²) in [6.45, 7) is 3.77. The molecule has 0 aromatic heterocycles. The third kappa shape index (κ3) is 5.53. The number of hydrogen-bond acceptors (Lipinski definition) is 3. The molecule has 82 valence electrons. The van der Waals surface area contributed by atoms with Crippen LogP contribution >= 0.6 is 0 Å². The van der Waals surface area contributed by atoms with Gasteiger partial charge in [0.1, 0.15) is 6.04 Å². The van der Waals surface area contributed by atoms with Gasteiger partial charge in [0.2, 0.25) is 6.41 Å². The highest BCUT2D eigenvalue weighted by atomic mass is 16.4. The minimum Gasteiger partial charge on any atom is -0.480 e. The van der Waals surface area contributed by atoms with Crippen molar-refractivity contribution in [2.45, 2.75) is 44.7 Å². The van der Waals surface area contributed by atoms with Crippen molar-refractivity contribution in [3.05, 3.63) is 0 Å². The Bertz CT molecular complexity index is 204. The fourth-order valence-corrected chi connectivity index (χ4v) is 1.12. The van der Waals surface area contributed by atoms with Crippen LogP contribution in [0.5, 0.6) is 0 Å². The number of carbonyl (C=O) groups excluding carboxylic acids is 1. The average Bonchev–Trinajstić information content (AvgIpc) is 2.03. The molecule has 0 radical (unpaired) electrons. The maximum Gasteiger partial charge on any atom is 0.320 e. The monoisotopic (exact) mass is 202 g/mol. The summed E-state index contributed by atoms with van der Waals surface area (Å²) in [6.07, 6.45) is 2.48.